The first-order valence-electron chi connectivity index (χ1n) is 3.98. The van der Waals surface area contributed by atoms with Crippen molar-refractivity contribution in [3.05, 3.63) is 0 Å². The summed E-state index contributed by atoms with van der Waals surface area (Å²) in [6.07, 6.45) is -0.862. The van der Waals surface area contributed by atoms with E-state index in [1.54, 1.807) is 0 Å². The van der Waals surface area contributed by atoms with Crippen molar-refractivity contribution in [2.45, 2.75) is 6.10 Å². The number of nitrogens with one attached hydrogen (secondary N) is 1. The lowest BCUT2D eigenvalue weighted by atomic mass is 10.3. The molecule has 1 atom stereocenters. The van der Waals surface area contributed by atoms with Crippen LogP contribution in [0.15, 0.2) is 0 Å². The molecule has 1 fully saturated rings. The molecule has 0 spiro atoms. The minimum absolute atomic E-state index is 0.000139. The van der Waals surface area contributed by atoms with Gasteiger partial charge in [0.25, 0.3) is 0 Å². The van der Waals surface area contributed by atoms with Crippen LogP contribution in [0.4, 0.5) is 4.79 Å². The number of rotatable bonds is 2. The van der Waals surface area contributed by atoms with Gasteiger partial charge in [-0.2, -0.15) is 0 Å². The summed E-state index contributed by atoms with van der Waals surface area (Å²) in [6.45, 7) is 2.15. The van der Waals surface area contributed by atoms with Crippen LogP contribution in [0.2, 0.25) is 0 Å². The summed E-state index contributed by atoms with van der Waals surface area (Å²) in [5.41, 5.74) is 0. The van der Waals surface area contributed by atoms with Gasteiger partial charge in [0.1, 0.15) is 0 Å². The van der Waals surface area contributed by atoms with Gasteiger partial charge in [-0.3, -0.25) is 0 Å². The summed E-state index contributed by atoms with van der Waals surface area (Å²) in [6, 6.07) is 0. The fraction of sp³-hybridized carbons (Fsp3) is 0.857. The van der Waals surface area contributed by atoms with E-state index in [9.17, 15) is 4.79 Å². The van der Waals surface area contributed by atoms with Crippen LogP contribution in [0.3, 0.4) is 0 Å². The summed E-state index contributed by atoms with van der Waals surface area (Å²) >= 11 is 0. The average Bonchev–Trinajstić information content (AvgIpc) is 2.05. The van der Waals surface area contributed by atoms with Crippen LogP contribution in [-0.4, -0.2) is 55.5 Å². The molecule has 1 aliphatic heterocycles. The zero-order valence-corrected chi connectivity index (χ0v) is 7.12. The first-order valence-corrected chi connectivity index (χ1v) is 3.98. The number of nitrogens with zero attached hydrogens (tertiary/aromatic N) is 1. The summed E-state index contributed by atoms with van der Waals surface area (Å²) < 4.78 is 5.33. The lowest BCUT2D eigenvalue weighted by Gasteiger charge is -2.30. The summed E-state index contributed by atoms with van der Waals surface area (Å²) in [4.78, 5) is 11.9. The monoisotopic (exact) mass is 174 g/mol. The summed E-state index contributed by atoms with van der Waals surface area (Å²) in [5.74, 6) is 0. The topological polar surface area (TPSA) is 61.8 Å². The first kappa shape index (κ1) is 9.28. The van der Waals surface area contributed by atoms with E-state index < -0.39 is 6.09 Å². The van der Waals surface area contributed by atoms with Crippen LogP contribution in [0, 0.1) is 0 Å². The molecule has 0 aromatic rings. The predicted molar refractivity (Wildman–Crippen MR) is 43.3 cm³/mol. The molecule has 1 heterocycles. The maximum atomic E-state index is 10.6. The Morgan fingerprint density at radius 2 is 2.58 bits per heavy atom. The molecule has 0 unspecified atom stereocenters. The largest absolute Gasteiger partial charge is 0.465 e. The molecule has 12 heavy (non-hydrogen) atoms. The highest BCUT2D eigenvalue weighted by Crippen LogP contribution is 2.03. The van der Waals surface area contributed by atoms with Crippen molar-refractivity contribution in [3.63, 3.8) is 0 Å². The smallest absolute Gasteiger partial charge is 0.407 e. The van der Waals surface area contributed by atoms with Crippen molar-refractivity contribution < 1.29 is 14.6 Å². The van der Waals surface area contributed by atoms with Crippen molar-refractivity contribution in [3.8, 4) is 0 Å². The van der Waals surface area contributed by atoms with Gasteiger partial charge in [0.05, 0.1) is 19.3 Å². The van der Waals surface area contributed by atoms with Gasteiger partial charge in [-0.25, -0.2) is 4.79 Å². The highest BCUT2D eigenvalue weighted by Gasteiger charge is 2.22. The zero-order valence-electron chi connectivity index (χ0n) is 7.12. The maximum absolute atomic E-state index is 10.6. The molecule has 2 N–H and O–H groups in total. The van der Waals surface area contributed by atoms with Gasteiger partial charge in [0.2, 0.25) is 0 Å². The zero-order chi connectivity index (χ0) is 8.97. The van der Waals surface area contributed by atoms with Gasteiger partial charge in [-0.15, -0.1) is 0 Å². The molecule has 0 radical (unpaired) electrons. The van der Waals surface area contributed by atoms with Crippen LogP contribution >= 0.6 is 0 Å². The minimum atomic E-state index is -0.862. The first-order chi connectivity index (χ1) is 5.74. The lowest BCUT2D eigenvalue weighted by molar-refractivity contribution is -0.0197. The third-order valence-corrected chi connectivity index (χ3v) is 1.84. The standard InChI is InChI=1S/C7H14N2O3/c1-8-4-6-5-9(7(10)11)2-3-12-6/h6,8H,2-5H2,1H3,(H,10,11)/t6-/m1/s1. The number of carboxylic acid groups (broad SMARTS) is 1. The second-order valence-corrected chi connectivity index (χ2v) is 2.78. The number of morpholine rings is 1. The van der Waals surface area contributed by atoms with Crippen LogP contribution < -0.4 is 5.32 Å². The molecule has 1 rings (SSSR count). The molecule has 70 valence electrons. The van der Waals surface area contributed by atoms with E-state index >= 15 is 0 Å². The Labute approximate surface area is 71.3 Å². The number of amides is 1. The predicted octanol–water partition coefficient (Wildman–Crippen LogP) is -0.415. The normalized spacial score (nSPS) is 24.1. The van der Waals surface area contributed by atoms with Gasteiger partial charge in [-0.1, -0.05) is 0 Å². The molecule has 1 amide bonds. The van der Waals surface area contributed by atoms with Crippen LogP contribution in [0.25, 0.3) is 0 Å². The molecule has 5 heteroatoms. The van der Waals surface area contributed by atoms with E-state index in [4.69, 9.17) is 9.84 Å². The van der Waals surface area contributed by atoms with E-state index in [2.05, 4.69) is 5.32 Å². The number of hydrogen-bond acceptors (Lipinski definition) is 3. The van der Waals surface area contributed by atoms with E-state index in [-0.39, 0.29) is 6.10 Å². The van der Waals surface area contributed by atoms with Crippen molar-refractivity contribution in [2.75, 3.05) is 33.3 Å². The van der Waals surface area contributed by atoms with E-state index in [0.29, 0.717) is 26.2 Å². The third kappa shape index (κ3) is 2.35. The second-order valence-electron chi connectivity index (χ2n) is 2.78. The Kier molecular flexibility index (Phi) is 3.31. The SMILES string of the molecule is CNC[C@@H]1CN(C(=O)O)CCO1. The van der Waals surface area contributed by atoms with Crippen LogP contribution in [0.5, 0.6) is 0 Å². The number of likely N-dealkylation sites (N-methyl/N-ethyl adjacent to an activating group) is 1. The minimum Gasteiger partial charge on any atom is -0.465 e. The number of hydrogen-bond donors (Lipinski definition) is 2. The molecular formula is C7H14N2O3. The Morgan fingerprint density at radius 1 is 1.83 bits per heavy atom. The number of ether oxygens (including phenoxy) is 1. The molecule has 1 aliphatic rings. The van der Waals surface area contributed by atoms with E-state index in [1.165, 1.54) is 4.90 Å². The van der Waals surface area contributed by atoms with E-state index in [1.807, 2.05) is 7.05 Å². The van der Waals surface area contributed by atoms with Gasteiger partial charge in [0.15, 0.2) is 0 Å². The Morgan fingerprint density at radius 3 is 3.17 bits per heavy atom. The summed E-state index contributed by atoms with van der Waals surface area (Å²) in [7, 11) is 1.82. The molecule has 0 saturated carbocycles. The molecule has 1 saturated heterocycles. The second kappa shape index (κ2) is 4.27. The van der Waals surface area contributed by atoms with Gasteiger partial charge < -0.3 is 20.1 Å². The fourth-order valence-corrected chi connectivity index (χ4v) is 1.24. The van der Waals surface area contributed by atoms with Gasteiger partial charge >= 0.3 is 6.09 Å². The summed E-state index contributed by atoms with van der Waals surface area (Å²) in [5, 5.41) is 11.6. The molecular weight excluding hydrogens is 160 g/mol. The molecule has 0 bridgehead atoms. The van der Waals surface area contributed by atoms with Crippen molar-refractivity contribution in [1.29, 1.82) is 0 Å². The van der Waals surface area contributed by atoms with Gasteiger partial charge in [0, 0.05) is 13.1 Å². The third-order valence-electron chi connectivity index (χ3n) is 1.84. The fourth-order valence-electron chi connectivity index (χ4n) is 1.24. The Hall–Kier alpha value is -0.810. The van der Waals surface area contributed by atoms with Crippen molar-refractivity contribution >= 4 is 6.09 Å². The number of carbonyl (C=O) groups is 1. The molecule has 0 aliphatic carbocycles. The van der Waals surface area contributed by atoms with E-state index in [0.717, 1.165) is 0 Å². The quantitative estimate of drug-likeness (QED) is 0.597. The average molecular weight is 174 g/mol. The Balaban J connectivity index is 2.35. The molecule has 5 nitrogen and oxygen atoms in total. The van der Waals surface area contributed by atoms with Crippen LogP contribution in [-0.2, 0) is 4.74 Å². The van der Waals surface area contributed by atoms with Crippen LogP contribution in [0.1, 0.15) is 0 Å². The van der Waals surface area contributed by atoms with Gasteiger partial charge in [-0.05, 0) is 7.05 Å². The van der Waals surface area contributed by atoms with Crippen molar-refractivity contribution in [2.24, 2.45) is 0 Å². The Bertz CT molecular complexity index is 161. The highest BCUT2D eigenvalue weighted by molar-refractivity contribution is 5.65. The maximum Gasteiger partial charge on any atom is 0.407 e. The lowest BCUT2D eigenvalue weighted by Crippen LogP contribution is -2.48. The molecule has 0 aromatic carbocycles. The highest BCUT2D eigenvalue weighted by atomic mass is 16.5. The van der Waals surface area contributed by atoms with Crippen molar-refractivity contribution in [1.82, 2.24) is 10.2 Å². The molecule has 0 aromatic heterocycles.